The quantitative estimate of drug-likeness (QED) is 0.837. The molecule has 2 aromatic rings. The average Bonchev–Trinajstić information content (AvgIpc) is 2.99. The topological polar surface area (TPSA) is 82.5 Å². The van der Waals surface area contributed by atoms with Crippen LogP contribution in [0.2, 0.25) is 0 Å². The Kier molecular flexibility index (Phi) is 5.09. The zero-order valence-electron chi connectivity index (χ0n) is 15.1. The number of nitrogens with zero attached hydrogens (tertiary/aromatic N) is 2. The molecule has 4 rings (SSSR count). The summed E-state index contributed by atoms with van der Waals surface area (Å²) in [6, 6.07) is 7.09. The lowest BCUT2D eigenvalue weighted by Crippen LogP contribution is -2.38. The number of ether oxygens (including phenoxy) is 2. The molecule has 1 aromatic heterocycles. The van der Waals surface area contributed by atoms with Crippen LogP contribution >= 0.6 is 0 Å². The second-order valence-corrected chi connectivity index (χ2v) is 7.06. The maximum absolute atomic E-state index is 12.4. The predicted molar refractivity (Wildman–Crippen MR) is 99.7 cm³/mol. The summed E-state index contributed by atoms with van der Waals surface area (Å²) in [5, 5.41) is 3.05. The highest BCUT2D eigenvalue weighted by Crippen LogP contribution is 2.35. The normalized spacial score (nSPS) is 16.7. The van der Waals surface area contributed by atoms with Crippen LogP contribution in [0, 0.1) is 0 Å². The highest BCUT2D eigenvalue weighted by molar-refractivity contribution is 5.76. The number of amides is 1. The van der Waals surface area contributed by atoms with Crippen molar-refractivity contribution in [2.75, 3.05) is 6.79 Å². The van der Waals surface area contributed by atoms with E-state index in [1.165, 1.54) is 29.8 Å². The molecule has 1 aliphatic heterocycles. The van der Waals surface area contributed by atoms with Gasteiger partial charge in [0.1, 0.15) is 6.54 Å². The van der Waals surface area contributed by atoms with Gasteiger partial charge in [-0.3, -0.25) is 14.2 Å². The molecule has 0 atom stereocenters. The van der Waals surface area contributed by atoms with Crippen LogP contribution in [-0.2, 0) is 11.3 Å². The van der Waals surface area contributed by atoms with Gasteiger partial charge in [-0.1, -0.05) is 25.7 Å². The van der Waals surface area contributed by atoms with Gasteiger partial charge >= 0.3 is 0 Å². The third kappa shape index (κ3) is 4.13. The first kappa shape index (κ1) is 17.6. The maximum atomic E-state index is 12.4. The van der Waals surface area contributed by atoms with Crippen LogP contribution in [-0.4, -0.2) is 28.3 Å². The van der Waals surface area contributed by atoms with E-state index in [2.05, 4.69) is 10.3 Å². The van der Waals surface area contributed by atoms with Crippen molar-refractivity contribution in [3.05, 3.63) is 40.9 Å². The molecule has 27 heavy (non-hydrogen) atoms. The number of fused-ring (bicyclic) bond motifs is 1. The zero-order chi connectivity index (χ0) is 18.6. The summed E-state index contributed by atoms with van der Waals surface area (Å²) >= 11 is 0. The van der Waals surface area contributed by atoms with Gasteiger partial charge in [0.15, 0.2) is 11.5 Å². The number of hydrogen-bond acceptors (Lipinski definition) is 5. The molecule has 2 aliphatic rings. The first-order valence-corrected chi connectivity index (χ1v) is 9.45. The van der Waals surface area contributed by atoms with Crippen molar-refractivity contribution in [2.45, 2.75) is 51.1 Å². The molecule has 1 N–H and O–H groups in total. The van der Waals surface area contributed by atoms with Crippen LogP contribution in [0.3, 0.4) is 0 Å². The molecule has 7 heteroatoms. The Balaban J connectivity index is 1.44. The van der Waals surface area contributed by atoms with Crippen molar-refractivity contribution in [1.29, 1.82) is 0 Å². The van der Waals surface area contributed by atoms with Crippen LogP contribution in [0.4, 0.5) is 0 Å². The third-order valence-corrected chi connectivity index (χ3v) is 5.08. The molecular formula is C20H23N3O4. The smallest absolute Gasteiger partial charge is 0.254 e. The molecular weight excluding hydrogens is 346 g/mol. The fourth-order valence-electron chi connectivity index (χ4n) is 3.61. The van der Waals surface area contributed by atoms with Crippen LogP contribution in [0.25, 0.3) is 11.3 Å². The number of carbonyl (C=O) groups is 1. The number of benzene rings is 1. The molecule has 1 aromatic carbocycles. The van der Waals surface area contributed by atoms with Crippen LogP contribution in [0.1, 0.15) is 38.5 Å². The number of hydrogen-bond donors (Lipinski definition) is 1. The second-order valence-electron chi connectivity index (χ2n) is 7.06. The summed E-state index contributed by atoms with van der Waals surface area (Å²) in [5.74, 6) is 1.19. The van der Waals surface area contributed by atoms with E-state index >= 15 is 0 Å². The number of rotatable bonds is 4. The monoisotopic (exact) mass is 369 g/mol. The van der Waals surface area contributed by atoms with E-state index < -0.39 is 0 Å². The summed E-state index contributed by atoms with van der Waals surface area (Å²) < 4.78 is 12.0. The first-order chi connectivity index (χ1) is 13.2. The molecule has 0 bridgehead atoms. The van der Waals surface area contributed by atoms with Crippen molar-refractivity contribution >= 4 is 5.91 Å². The Bertz CT molecular complexity index is 885. The third-order valence-electron chi connectivity index (χ3n) is 5.08. The summed E-state index contributed by atoms with van der Waals surface area (Å²) in [7, 11) is 0. The molecule has 1 aliphatic carbocycles. The summed E-state index contributed by atoms with van der Waals surface area (Å²) in [4.78, 5) is 29.1. The predicted octanol–water partition coefficient (Wildman–Crippen LogP) is 2.48. The molecule has 7 nitrogen and oxygen atoms in total. The van der Waals surface area contributed by atoms with E-state index in [-0.39, 0.29) is 30.8 Å². The molecule has 1 fully saturated rings. The van der Waals surface area contributed by atoms with E-state index in [1.807, 2.05) is 6.07 Å². The van der Waals surface area contributed by atoms with E-state index in [0.29, 0.717) is 17.2 Å². The number of carbonyl (C=O) groups excluding carboxylic acids is 1. The van der Waals surface area contributed by atoms with Crippen molar-refractivity contribution in [1.82, 2.24) is 14.9 Å². The number of aromatic nitrogens is 2. The van der Waals surface area contributed by atoms with Gasteiger partial charge in [-0.05, 0) is 31.0 Å². The standard InChI is InChI=1S/C20H23N3O4/c24-19(22-15-5-3-1-2-4-6-15)11-23-12-21-16(10-20(23)25)14-7-8-17-18(9-14)27-13-26-17/h7-10,12,15H,1-6,11,13H2,(H,22,24). The Morgan fingerprint density at radius 1 is 1.11 bits per heavy atom. The lowest BCUT2D eigenvalue weighted by atomic mass is 10.1. The van der Waals surface area contributed by atoms with Gasteiger partial charge in [-0.25, -0.2) is 4.98 Å². The summed E-state index contributed by atoms with van der Waals surface area (Å²) in [6.45, 7) is 0.188. The van der Waals surface area contributed by atoms with Gasteiger partial charge in [0.2, 0.25) is 12.7 Å². The molecule has 1 saturated carbocycles. The van der Waals surface area contributed by atoms with Crippen molar-refractivity contribution < 1.29 is 14.3 Å². The van der Waals surface area contributed by atoms with Crippen LogP contribution < -0.4 is 20.3 Å². The Hall–Kier alpha value is -2.83. The minimum Gasteiger partial charge on any atom is -0.454 e. The van der Waals surface area contributed by atoms with Gasteiger partial charge in [0, 0.05) is 17.7 Å². The molecule has 2 heterocycles. The zero-order valence-corrected chi connectivity index (χ0v) is 15.1. The van der Waals surface area contributed by atoms with Gasteiger partial charge in [-0.2, -0.15) is 0 Å². The Morgan fingerprint density at radius 3 is 2.67 bits per heavy atom. The average molecular weight is 369 g/mol. The van der Waals surface area contributed by atoms with E-state index in [4.69, 9.17) is 9.47 Å². The van der Waals surface area contributed by atoms with Gasteiger partial charge in [0.05, 0.1) is 12.0 Å². The van der Waals surface area contributed by atoms with Gasteiger partial charge in [0.25, 0.3) is 5.56 Å². The summed E-state index contributed by atoms with van der Waals surface area (Å²) in [6.07, 6.45) is 8.22. The molecule has 142 valence electrons. The first-order valence-electron chi connectivity index (χ1n) is 9.45. The highest BCUT2D eigenvalue weighted by Gasteiger charge is 2.17. The lowest BCUT2D eigenvalue weighted by molar-refractivity contribution is -0.122. The maximum Gasteiger partial charge on any atom is 0.254 e. The van der Waals surface area contributed by atoms with E-state index in [0.717, 1.165) is 31.2 Å². The minimum absolute atomic E-state index is 0.0102. The molecule has 0 spiro atoms. The SMILES string of the molecule is O=C(Cn1cnc(-c2ccc3c(c2)OCO3)cc1=O)NC1CCCCCC1. The van der Waals surface area contributed by atoms with Crippen LogP contribution in [0.5, 0.6) is 11.5 Å². The fraction of sp³-hybridized carbons (Fsp3) is 0.450. The highest BCUT2D eigenvalue weighted by atomic mass is 16.7. The largest absolute Gasteiger partial charge is 0.454 e. The van der Waals surface area contributed by atoms with E-state index in [9.17, 15) is 9.59 Å². The number of nitrogens with one attached hydrogen (secondary N) is 1. The molecule has 0 unspecified atom stereocenters. The molecule has 0 saturated heterocycles. The van der Waals surface area contributed by atoms with Crippen molar-refractivity contribution in [3.63, 3.8) is 0 Å². The molecule has 1 amide bonds. The lowest BCUT2D eigenvalue weighted by Gasteiger charge is -2.16. The summed E-state index contributed by atoms with van der Waals surface area (Å²) in [5.41, 5.74) is 1.05. The van der Waals surface area contributed by atoms with Crippen molar-refractivity contribution in [2.24, 2.45) is 0 Å². The van der Waals surface area contributed by atoms with Gasteiger partial charge < -0.3 is 14.8 Å². The molecule has 0 radical (unpaired) electrons. The minimum atomic E-state index is -0.256. The Morgan fingerprint density at radius 2 is 1.89 bits per heavy atom. The van der Waals surface area contributed by atoms with Crippen molar-refractivity contribution in [3.8, 4) is 22.8 Å². The fourth-order valence-corrected chi connectivity index (χ4v) is 3.61. The second kappa shape index (κ2) is 7.82. The van der Waals surface area contributed by atoms with Crippen LogP contribution in [0.15, 0.2) is 35.4 Å². The Labute approximate surface area is 157 Å². The van der Waals surface area contributed by atoms with E-state index in [1.54, 1.807) is 12.1 Å². The van der Waals surface area contributed by atoms with Gasteiger partial charge in [-0.15, -0.1) is 0 Å².